The van der Waals surface area contributed by atoms with Crippen LogP contribution in [0.4, 0.5) is 0 Å². The Balaban J connectivity index is 2.54. The van der Waals surface area contributed by atoms with Gasteiger partial charge >= 0.3 is 0 Å². The summed E-state index contributed by atoms with van der Waals surface area (Å²) in [7, 11) is 2.26. The lowest BCUT2D eigenvalue weighted by molar-refractivity contribution is -0.0257. The molecular weight excluding hydrogens is 248 g/mol. The number of nitrogens with zero attached hydrogens (tertiary/aromatic N) is 1. The van der Waals surface area contributed by atoms with E-state index in [0.717, 1.165) is 32.2 Å². The maximum Gasteiger partial charge on any atom is 0.0546 e. The average Bonchev–Trinajstić information content (AvgIpc) is 2.34. The Morgan fingerprint density at radius 3 is 2.50 bits per heavy atom. The molecule has 1 N–H and O–H groups in total. The predicted molar refractivity (Wildman–Crippen MR) is 87.2 cm³/mol. The highest BCUT2D eigenvalue weighted by Crippen LogP contribution is 2.29. The minimum Gasteiger partial charge on any atom is -0.381 e. The molecule has 1 rings (SSSR count). The van der Waals surface area contributed by atoms with E-state index in [0.29, 0.717) is 0 Å². The summed E-state index contributed by atoms with van der Waals surface area (Å²) in [6.45, 7) is 16.6. The standard InChI is InChI=1S/C17H36N2O/c1-15(2)8-10-19(6)13-17(9-7-11-20-14-17)12-18-16(3,4)5/h15,18H,7-14H2,1-6H3. The normalized spacial score (nSPS) is 24.6. The van der Waals surface area contributed by atoms with Crippen molar-refractivity contribution in [3.63, 3.8) is 0 Å². The second-order valence-electron chi connectivity index (χ2n) is 8.18. The van der Waals surface area contributed by atoms with Gasteiger partial charge in [-0.05, 0) is 59.5 Å². The molecule has 0 bridgehead atoms. The second kappa shape index (κ2) is 7.77. The number of hydrogen-bond donors (Lipinski definition) is 1. The van der Waals surface area contributed by atoms with Crippen LogP contribution >= 0.6 is 0 Å². The SMILES string of the molecule is CC(C)CCN(C)CC1(CNC(C)(C)C)CCCOC1. The molecule has 1 saturated heterocycles. The summed E-state index contributed by atoms with van der Waals surface area (Å²) in [5.41, 5.74) is 0.470. The second-order valence-corrected chi connectivity index (χ2v) is 8.18. The fourth-order valence-electron chi connectivity index (χ4n) is 2.81. The molecule has 0 radical (unpaired) electrons. The Morgan fingerprint density at radius 1 is 1.30 bits per heavy atom. The van der Waals surface area contributed by atoms with Crippen LogP contribution in [0.15, 0.2) is 0 Å². The van der Waals surface area contributed by atoms with Gasteiger partial charge in [0.15, 0.2) is 0 Å². The van der Waals surface area contributed by atoms with Crippen LogP contribution in [0.1, 0.15) is 53.9 Å². The lowest BCUT2D eigenvalue weighted by Gasteiger charge is -2.42. The molecule has 0 aromatic heterocycles. The molecule has 0 saturated carbocycles. The first-order valence-electron chi connectivity index (χ1n) is 8.24. The molecule has 0 spiro atoms. The molecule has 1 unspecified atom stereocenters. The van der Waals surface area contributed by atoms with Crippen LogP contribution in [0.5, 0.6) is 0 Å². The van der Waals surface area contributed by atoms with Crippen molar-refractivity contribution in [2.45, 2.75) is 59.4 Å². The van der Waals surface area contributed by atoms with E-state index >= 15 is 0 Å². The van der Waals surface area contributed by atoms with Crippen LogP contribution in [-0.4, -0.2) is 50.3 Å². The van der Waals surface area contributed by atoms with Gasteiger partial charge in [0.2, 0.25) is 0 Å². The van der Waals surface area contributed by atoms with Gasteiger partial charge in [-0.3, -0.25) is 0 Å². The summed E-state index contributed by atoms with van der Waals surface area (Å²) in [5, 5.41) is 3.70. The summed E-state index contributed by atoms with van der Waals surface area (Å²) in [5.74, 6) is 0.781. The predicted octanol–water partition coefficient (Wildman–Crippen LogP) is 3.15. The first-order chi connectivity index (χ1) is 9.22. The van der Waals surface area contributed by atoms with Crippen LogP contribution in [0.3, 0.4) is 0 Å². The van der Waals surface area contributed by atoms with Crippen LogP contribution in [0.25, 0.3) is 0 Å². The molecule has 3 heteroatoms. The smallest absolute Gasteiger partial charge is 0.0546 e. The molecule has 1 aliphatic heterocycles. The van der Waals surface area contributed by atoms with Crippen molar-refractivity contribution < 1.29 is 4.74 Å². The molecule has 3 nitrogen and oxygen atoms in total. The Hall–Kier alpha value is -0.120. The Morgan fingerprint density at radius 2 is 2.00 bits per heavy atom. The Labute approximate surface area is 126 Å². The summed E-state index contributed by atoms with van der Waals surface area (Å²) in [4.78, 5) is 2.50. The summed E-state index contributed by atoms with van der Waals surface area (Å²) < 4.78 is 5.81. The van der Waals surface area contributed by atoms with Crippen molar-refractivity contribution in [3.05, 3.63) is 0 Å². The zero-order valence-corrected chi connectivity index (χ0v) is 14.6. The number of rotatable bonds is 7. The van der Waals surface area contributed by atoms with Crippen molar-refractivity contribution >= 4 is 0 Å². The van der Waals surface area contributed by atoms with Crippen molar-refractivity contribution in [1.29, 1.82) is 0 Å². The van der Waals surface area contributed by atoms with Crippen LogP contribution in [-0.2, 0) is 4.74 Å². The van der Waals surface area contributed by atoms with Crippen molar-refractivity contribution in [2.75, 3.05) is 39.9 Å². The molecule has 120 valence electrons. The van der Waals surface area contributed by atoms with E-state index in [1.54, 1.807) is 0 Å². The van der Waals surface area contributed by atoms with E-state index in [1.807, 2.05) is 0 Å². The third-order valence-electron chi connectivity index (χ3n) is 4.09. The van der Waals surface area contributed by atoms with E-state index in [2.05, 4.69) is 51.9 Å². The fourth-order valence-corrected chi connectivity index (χ4v) is 2.81. The highest BCUT2D eigenvalue weighted by molar-refractivity contribution is 4.89. The molecular formula is C17H36N2O. The van der Waals surface area contributed by atoms with Gasteiger partial charge in [0.1, 0.15) is 0 Å². The Kier molecular flexibility index (Phi) is 6.96. The van der Waals surface area contributed by atoms with E-state index in [4.69, 9.17) is 4.74 Å². The zero-order chi connectivity index (χ0) is 15.2. The topological polar surface area (TPSA) is 24.5 Å². The summed E-state index contributed by atoms with van der Waals surface area (Å²) in [6.07, 6.45) is 3.76. The molecule has 20 heavy (non-hydrogen) atoms. The van der Waals surface area contributed by atoms with Gasteiger partial charge in [0.05, 0.1) is 6.61 Å². The van der Waals surface area contributed by atoms with E-state index < -0.39 is 0 Å². The lowest BCUT2D eigenvalue weighted by Crippen LogP contribution is -2.52. The fraction of sp³-hybridized carbons (Fsp3) is 1.00. The first-order valence-corrected chi connectivity index (χ1v) is 8.24. The van der Waals surface area contributed by atoms with Crippen LogP contribution in [0, 0.1) is 11.3 Å². The maximum absolute atomic E-state index is 5.81. The quantitative estimate of drug-likeness (QED) is 0.777. The molecule has 0 aromatic rings. The van der Waals surface area contributed by atoms with Gasteiger partial charge in [-0.2, -0.15) is 0 Å². The third-order valence-corrected chi connectivity index (χ3v) is 4.09. The van der Waals surface area contributed by atoms with E-state index in [9.17, 15) is 0 Å². The zero-order valence-electron chi connectivity index (χ0n) is 14.6. The maximum atomic E-state index is 5.81. The lowest BCUT2D eigenvalue weighted by atomic mass is 9.81. The molecule has 0 aromatic carbocycles. The highest BCUT2D eigenvalue weighted by Gasteiger charge is 2.34. The Bertz CT molecular complexity index is 265. The number of nitrogens with one attached hydrogen (secondary N) is 1. The number of ether oxygens (including phenoxy) is 1. The summed E-state index contributed by atoms with van der Waals surface area (Å²) in [6, 6.07) is 0. The minimum absolute atomic E-state index is 0.181. The summed E-state index contributed by atoms with van der Waals surface area (Å²) >= 11 is 0. The van der Waals surface area contributed by atoms with Crippen LogP contribution in [0.2, 0.25) is 0 Å². The van der Waals surface area contributed by atoms with Gasteiger partial charge in [-0.25, -0.2) is 0 Å². The molecule has 1 atom stereocenters. The largest absolute Gasteiger partial charge is 0.381 e. The number of hydrogen-bond acceptors (Lipinski definition) is 3. The average molecular weight is 284 g/mol. The molecule has 0 aliphatic carbocycles. The molecule has 1 aliphatic rings. The third kappa shape index (κ3) is 7.05. The van der Waals surface area contributed by atoms with Crippen molar-refractivity contribution in [3.8, 4) is 0 Å². The van der Waals surface area contributed by atoms with E-state index in [1.165, 1.54) is 25.8 Å². The van der Waals surface area contributed by atoms with Gasteiger partial charge < -0.3 is 15.0 Å². The van der Waals surface area contributed by atoms with Crippen molar-refractivity contribution in [2.24, 2.45) is 11.3 Å². The van der Waals surface area contributed by atoms with Crippen molar-refractivity contribution in [1.82, 2.24) is 10.2 Å². The minimum atomic E-state index is 0.181. The van der Waals surface area contributed by atoms with Gasteiger partial charge in [-0.15, -0.1) is 0 Å². The van der Waals surface area contributed by atoms with Crippen LogP contribution < -0.4 is 5.32 Å². The first kappa shape index (κ1) is 17.9. The molecule has 1 fully saturated rings. The molecule has 0 amide bonds. The van der Waals surface area contributed by atoms with E-state index in [-0.39, 0.29) is 11.0 Å². The van der Waals surface area contributed by atoms with Gasteiger partial charge in [0, 0.05) is 30.7 Å². The molecule has 1 heterocycles. The highest BCUT2D eigenvalue weighted by atomic mass is 16.5. The monoisotopic (exact) mass is 284 g/mol. The van der Waals surface area contributed by atoms with Gasteiger partial charge in [0.25, 0.3) is 0 Å². The van der Waals surface area contributed by atoms with Gasteiger partial charge in [-0.1, -0.05) is 13.8 Å².